The van der Waals surface area contributed by atoms with Crippen LogP contribution in [0.25, 0.3) is 0 Å². The number of aromatic nitrogens is 2. The number of rotatable bonds is 2. The first kappa shape index (κ1) is 17.1. The zero-order chi connectivity index (χ0) is 14.5. The number of hydrogen-bond acceptors (Lipinski definition) is 8. The first-order chi connectivity index (χ1) is 9.41. The third-order valence-electron chi connectivity index (χ3n) is 3.09. The SMILES string of the molecule is O=c1ccn([C@H]2O[C@@H](CO)[C@H]3OP(=O)([O-])O[C@H]32)c(=O)[nH]1.[Na+]. The third kappa shape index (κ3) is 3.09. The predicted molar refractivity (Wildman–Crippen MR) is 59.7 cm³/mol. The van der Waals surface area contributed by atoms with E-state index in [1.165, 1.54) is 0 Å². The van der Waals surface area contributed by atoms with Crippen molar-refractivity contribution in [2.75, 3.05) is 6.61 Å². The Balaban J connectivity index is 0.00000161. The number of phosphoric ester groups is 1. The van der Waals surface area contributed by atoms with Crippen LogP contribution in [0, 0.1) is 0 Å². The van der Waals surface area contributed by atoms with Crippen molar-refractivity contribution in [1.29, 1.82) is 0 Å². The second-order valence-corrected chi connectivity index (χ2v) is 5.67. The van der Waals surface area contributed by atoms with Crippen molar-refractivity contribution in [2.45, 2.75) is 24.5 Å². The number of aromatic amines is 1. The average molecular weight is 328 g/mol. The average Bonchev–Trinajstić information content (AvgIpc) is 2.83. The van der Waals surface area contributed by atoms with E-state index in [2.05, 4.69) is 0 Å². The van der Waals surface area contributed by atoms with Gasteiger partial charge < -0.3 is 23.8 Å². The summed E-state index contributed by atoms with van der Waals surface area (Å²) in [5, 5.41) is 9.16. The van der Waals surface area contributed by atoms with Crippen LogP contribution < -0.4 is 45.7 Å². The molecule has 0 bridgehead atoms. The van der Waals surface area contributed by atoms with Crippen LogP contribution in [0.4, 0.5) is 0 Å². The molecule has 2 fully saturated rings. The molecule has 0 spiro atoms. The maximum atomic E-state index is 11.7. The third-order valence-corrected chi connectivity index (χ3v) is 4.10. The van der Waals surface area contributed by atoms with Gasteiger partial charge in [-0.3, -0.25) is 18.9 Å². The Labute approximate surface area is 139 Å². The Hall–Kier alpha value is -0.290. The van der Waals surface area contributed by atoms with Gasteiger partial charge in [-0.1, -0.05) is 0 Å². The number of ether oxygens (including phenoxy) is 1. The molecule has 5 atom stereocenters. The summed E-state index contributed by atoms with van der Waals surface area (Å²) >= 11 is 0. The van der Waals surface area contributed by atoms with Crippen LogP contribution in [0.2, 0.25) is 0 Å². The summed E-state index contributed by atoms with van der Waals surface area (Å²) in [5.74, 6) is 0. The van der Waals surface area contributed by atoms with Gasteiger partial charge in [-0.25, -0.2) is 4.79 Å². The van der Waals surface area contributed by atoms with Gasteiger partial charge in [-0.2, -0.15) is 0 Å². The second-order valence-electron chi connectivity index (χ2n) is 4.35. The summed E-state index contributed by atoms with van der Waals surface area (Å²) in [6.45, 7) is -0.501. The Kier molecular flexibility index (Phi) is 4.94. The first-order valence-electron chi connectivity index (χ1n) is 5.67. The van der Waals surface area contributed by atoms with E-state index in [0.717, 1.165) is 16.8 Å². The van der Waals surface area contributed by atoms with Crippen molar-refractivity contribution < 1.29 is 57.9 Å². The van der Waals surface area contributed by atoms with Gasteiger partial charge in [-0.05, 0) is 0 Å². The zero-order valence-electron chi connectivity index (χ0n) is 10.9. The van der Waals surface area contributed by atoms with E-state index >= 15 is 0 Å². The zero-order valence-corrected chi connectivity index (χ0v) is 13.8. The van der Waals surface area contributed by atoms with E-state index in [1.807, 2.05) is 4.98 Å². The number of fused-ring (bicyclic) bond motifs is 1. The van der Waals surface area contributed by atoms with Crippen molar-refractivity contribution in [3.05, 3.63) is 33.1 Å². The number of phosphoric acid groups is 1. The standard InChI is InChI=1S/C9H11N2O8P.Na/c12-3-4-6-7(19-20(15,16)18-6)8(17-4)11-2-1-5(13)10-9(11)14;/h1-2,4,6-8,12H,3H2,(H,15,16)(H,10,13,14);/q;+1/p-1/t4-,6+,7+,8-;/m0./s1. The van der Waals surface area contributed by atoms with Crippen LogP contribution in [0.15, 0.2) is 21.9 Å². The minimum Gasteiger partial charge on any atom is -0.756 e. The van der Waals surface area contributed by atoms with E-state index in [9.17, 15) is 19.0 Å². The largest absolute Gasteiger partial charge is 1.00 e. The quantitative estimate of drug-likeness (QED) is 0.405. The van der Waals surface area contributed by atoms with Gasteiger partial charge in [0.2, 0.25) is 0 Å². The van der Waals surface area contributed by atoms with Gasteiger partial charge in [0.05, 0.1) is 6.61 Å². The van der Waals surface area contributed by atoms with Gasteiger partial charge in [0, 0.05) is 12.3 Å². The van der Waals surface area contributed by atoms with Gasteiger partial charge in [-0.15, -0.1) is 0 Å². The first-order valence-corrected chi connectivity index (χ1v) is 7.13. The van der Waals surface area contributed by atoms with Crippen LogP contribution in [0.3, 0.4) is 0 Å². The molecule has 0 radical (unpaired) electrons. The number of hydrogen-bond donors (Lipinski definition) is 2. The molecule has 0 aliphatic carbocycles. The Morgan fingerprint density at radius 1 is 1.38 bits per heavy atom. The van der Waals surface area contributed by atoms with Gasteiger partial charge in [0.1, 0.15) is 18.3 Å². The Morgan fingerprint density at radius 2 is 2.05 bits per heavy atom. The smallest absolute Gasteiger partial charge is 0.756 e. The molecule has 110 valence electrons. The van der Waals surface area contributed by atoms with Crippen molar-refractivity contribution >= 4 is 7.82 Å². The molecule has 1 aromatic heterocycles. The van der Waals surface area contributed by atoms with Crippen LogP contribution in [-0.2, 0) is 18.3 Å². The number of nitrogens with one attached hydrogen (secondary N) is 1. The molecular weight excluding hydrogens is 318 g/mol. The number of H-pyrrole nitrogens is 1. The summed E-state index contributed by atoms with van der Waals surface area (Å²) in [6.07, 6.45) is -3.05. The molecule has 2 aliphatic heterocycles. The summed E-state index contributed by atoms with van der Waals surface area (Å²) in [5.41, 5.74) is -1.38. The van der Waals surface area contributed by atoms with E-state index in [1.54, 1.807) is 0 Å². The minimum atomic E-state index is -4.48. The number of aliphatic hydroxyl groups is 1. The van der Waals surface area contributed by atoms with E-state index in [0.29, 0.717) is 0 Å². The molecule has 12 heteroatoms. The molecular formula is C9H10N2NaO8P. The molecule has 0 saturated carbocycles. The fraction of sp³-hybridized carbons (Fsp3) is 0.556. The molecule has 2 aliphatic rings. The van der Waals surface area contributed by atoms with Crippen molar-refractivity contribution in [3.63, 3.8) is 0 Å². The molecule has 1 aromatic rings. The van der Waals surface area contributed by atoms with Gasteiger partial charge >= 0.3 is 35.2 Å². The summed E-state index contributed by atoms with van der Waals surface area (Å²) < 4.78 is 27.1. The number of nitrogens with zero attached hydrogens (tertiary/aromatic N) is 1. The molecule has 0 amide bonds. The summed E-state index contributed by atoms with van der Waals surface area (Å²) in [6, 6.07) is 1.08. The van der Waals surface area contributed by atoms with Gasteiger partial charge in [0.25, 0.3) is 13.4 Å². The minimum absolute atomic E-state index is 0. The van der Waals surface area contributed by atoms with Crippen LogP contribution in [-0.4, -0.2) is 39.6 Å². The monoisotopic (exact) mass is 328 g/mol. The fourth-order valence-electron chi connectivity index (χ4n) is 2.27. The molecule has 3 rings (SSSR count). The van der Waals surface area contributed by atoms with E-state index in [-0.39, 0.29) is 29.6 Å². The van der Waals surface area contributed by atoms with Crippen LogP contribution in [0.1, 0.15) is 6.23 Å². The topological polar surface area (TPSA) is 143 Å². The second kappa shape index (κ2) is 6.07. The van der Waals surface area contributed by atoms with Crippen molar-refractivity contribution in [3.8, 4) is 0 Å². The molecule has 1 unspecified atom stereocenters. The summed E-state index contributed by atoms with van der Waals surface area (Å²) in [7, 11) is -4.48. The predicted octanol–water partition coefficient (Wildman–Crippen LogP) is -5.32. The maximum absolute atomic E-state index is 11.7. The fourth-order valence-corrected chi connectivity index (χ4v) is 3.39. The van der Waals surface area contributed by atoms with E-state index < -0.39 is 50.2 Å². The number of aliphatic hydroxyl groups excluding tert-OH is 1. The molecule has 2 saturated heterocycles. The molecule has 2 N–H and O–H groups in total. The Bertz CT molecular complexity index is 689. The van der Waals surface area contributed by atoms with Crippen molar-refractivity contribution in [1.82, 2.24) is 9.55 Å². The molecule has 3 heterocycles. The van der Waals surface area contributed by atoms with Crippen LogP contribution in [0.5, 0.6) is 0 Å². The van der Waals surface area contributed by atoms with Gasteiger partial charge in [0.15, 0.2) is 6.23 Å². The molecule has 0 aromatic carbocycles. The van der Waals surface area contributed by atoms with Crippen LogP contribution >= 0.6 is 7.82 Å². The summed E-state index contributed by atoms with van der Waals surface area (Å²) in [4.78, 5) is 36.0. The van der Waals surface area contributed by atoms with E-state index in [4.69, 9.17) is 18.9 Å². The molecule has 10 nitrogen and oxygen atoms in total. The maximum Gasteiger partial charge on any atom is 1.00 e. The Morgan fingerprint density at radius 3 is 2.67 bits per heavy atom. The normalized spacial score (nSPS) is 38.0. The molecule has 21 heavy (non-hydrogen) atoms. The van der Waals surface area contributed by atoms with Crippen molar-refractivity contribution in [2.24, 2.45) is 0 Å².